The van der Waals surface area contributed by atoms with Crippen molar-refractivity contribution in [3.05, 3.63) is 58.7 Å². The van der Waals surface area contributed by atoms with Crippen molar-refractivity contribution in [1.82, 2.24) is 15.7 Å². The van der Waals surface area contributed by atoms with Gasteiger partial charge in [-0.15, -0.1) is 0 Å². The predicted octanol–water partition coefficient (Wildman–Crippen LogP) is 5.20. The molecule has 43 heavy (non-hydrogen) atoms. The fourth-order valence-electron chi connectivity index (χ4n) is 5.52. The molecule has 2 aliphatic rings. The molecule has 4 rings (SSSR count). The SMILES string of the molecule is CCCNC(=O)c1ccc2c(c1)C(COC(=O)ON1C(=O)CCC1C)c1cc(C(=O)NCCC(C)(OC)C(C)C)ccc1-2. The Bertz CT molecular complexity index is 1370. The molecule has 2 N–H and O–H groups in total. The van der Waals surface area contributed by atoms with Crippen LogP contribution in [0.15, 0.2) is 36.4 Å². The minimum atomic E-state index is -0.978. The number of methoxy groups -OCH3 is 1. The van der Waals surface area contributed by atoms with Crippen LogP contribution in [0.3, 0.4) is 0 Å². The van der Waals surface area contributed by atoms with Crippen LogP contribution in [0.2, 0.25) is 0 Å². The zero-order valence-electron chi connectivity index (χ0n) is 26.0. The molecule has 1 aliphatic carbocycles. The highest BCUT2D eigenvalue weighted by Gasteiger charge is 2.35. The summed E-state index contributed by atoms with van der Waals surface area (Å²) in [5.74, 6) is -0.847. The van der Waals surface area contributed by atoms with Crippen LogP contribution >= 0.6 is 0 Å². The van der Waals surface area contributed by atoms with E-state index in [0.29, 0.717) is 43.5 Å². The minimum Gasteiger partial charge on any atom is -0.432 e. The van der Waals surface area contributed by atoms with Gasteiger partial charge >= 0.3 is 6.16 Å². The standard InChI is InChI=1S/C33H43N3O7/c1-7-15-34-30(38)22-9-11-24-25-12-10-23(31(39)35-16-14-33(5,41-6)20(2)3)18-27(25)28(26(24)17-22)19-42-32(40)43-36-21(4)8-13-29(36)37/h9-12,17-18,20-21,28H,7-8,13-16,19H2,1-6H3,(H,34,38)(H,35,39). The Balaban J connectivity index is 1.56. The third-order valence-corrected chi connectivity index (χ3v) is 8.76. The lowest BCUT2D eigenvalue weighted by molar-refractivity contribution is -0.172. The second-order valence-electron chi connectivity index (χ2n) is 11.8. The van der Waals surface area contributed by atoms with Gasteiger partial charge < -0.3 is 24.9 Å². The van der Waals surface area contributed by atoms with Crippen molar-refractivity contribution in [2.75, 3.05) is 26.8 Å². The molecule has 0 spiro atoms. The lowest BCUT2D eigenvalue weighted by atomic mass is 9.89. The van der Waals surface area contributed by atoms with Crippen LogP contribution in [0.1, 0.15) is 98.1 Å². The van der Waals surface area contributed by atoms with Gasteiger partial charge in [-0.1, -0.05) is 32.9 Å². The molecule has 232 valence electrons. The molecular weight excluding hydrogens is 550 g/mol. The number of nitrogens with zero attached hydrogens (tertiary/aromatic N) is 1. The molecule has 1 fully saturated rings. The molecule has 10 heteroatoms. The first-order valence-electron chi connectivity index (χ1n) is 15.1. The number of rotatable bonds is 12. The summed E-state index contributed by atoms with van der Waals surface area (Å²) in [7, 11) is 1.68. The summed E-state index contributed by atoms with van der Waals surface area (Å²) in [5.41, 5.74) is 4.01. The number of amides is 3. The van der Waals surface area contributed by atoms with Crippen LogP contribution in [-0.4, -0.2) is 67.4 Å². The largest absolute Gasteiger partial charge is 0.533 e. The molecule has 2 aromatic carbocycles. The summed E-state index contributed by atoms with van der Waals surface area (Å²) >= 11 is 0. The van der Waals surface area contributed by atoms with E-state index in [1.54, 1.807) is 26.2 Å². The van der Waals surface area contributed by atoms with Crippen LogP contribution < -0.4 is 10.6 Å². The summed E-state index contributed by atoms with van der Waals surface area (Å²) in [6.45, 7) is 10.9. The van der Waals surface area contributed by atoms with Gasteiger partial charge in [0.25, 0.3) is 17.7 Å². The Morgan fingerprint density at radius 1 is 1.00 bits per heavy atom. The Morgan fingerprint density at radius 3 is 2.07 bits per heavy atom. The van der Waals surface area contributed by atoms with Gasteiger partial charge in [-0.3, -0.25) is 14.4 Å². The summed E-state index contributed by atoms with van der Waals surface area (Å²) in [6.07, 6.45) is 1.41. The van der Waals surface area contributed by atoms with Gasteiger partial charge in [0.1, 0.15) is 6.61 Å². The molecule has 2 aromatic rings. The van der Waals surface area contributed by atoms with Crippen molar-refractivity contribution in [3.8, 4) is 11.1 Å². The fourth-order valence-corrected chi connectivity index (χ4v) is 5.52. The van der Waals surface area contributed by atoms with Gasteiger partial charge in [0.15, 0.2) is 0 Å². The van der Waals surface area contributed by atoms with Crippen LogP contribution in [-0.2, 0) is 19.1 Å². The normalized spacial score (nSPS) is 18.6. The zero-order valence-corrected chi connectivity index (χ0v) is 26.0. The highest BCUT2D eigenvalue weighted by atomic mass is 16.8. The third kappa shape index (κ3) is 7.01. The molecule has 0 saturated carbocycles. The molecule has 1 heterocycles. The number of carbonyl (C=O) groups is 4. The van der Waals surface area contributed by atoms with E-state index in [9.17, 15) is 19.2 Å². The highest BCUT2D eigenvalue weighted by molar-refractivity contribution is 5.98. The van der Waals surface area contributed by atoms with Gasteiger partial charge in [0.2, 0.25) is 0 Å². The Labute approximate surface area is 253 Å². The minimum absolute atomic E-state index is 0.0963. The summed E-state index contributed by atoms with van der Waals surface area (Å²) in [5, 5.41) is 6.96. The lowest BCUT2D eigenvalue weighted by Crippen LogP contribution is -2.38. The van der Waals surface area contributed by atoms with Gasteiger partial charge in [-0.25, -0.2) is 4.79 Å². The van der Waals surface area contributed by atoms with Crippen molar-refractivity contribution in [3.63, 3.8) is 0 Å². The maximum Gasteiger partial charge on any atom is 0.533 e. The summed E-state index contributed by atoms with van der Waals surface area (Å²) in [6, 6.07) is 10.7. The number of carbonyl (C=O) groups excluding carboxylic acids is 4. The van der Waals surface area contributed by atoms with Gasteiger partial charge in [0.05, 0.1) is 11.6 Å². The lowest BCUT2D eigenvalue weighted by Gasteiger charge is -2.32. The second kappa shape index (κ2) is 13.6. The molecule has 1 saturated heterocycles. The van der Waals surface area contributed by atoms with Gasteiger partial charge in [0, 0.05) is 43.7 Å². The van der Waals surface area contributed by atoms with E-state index in [1.165, 1.54) is 0 Å². The highest BCUT2D eigenvalue weighted by Crippen LogP contribution is 2.45. The maximum absolute atomic E-state index is 13.2. The molecule has 0 bridgehead atoms. The first-order valence-corrected chi connectivity index (χ1v) is 15.1. The number of hydroxylamine groups is 2. The second-order valence-corrected chi connectivity index (χ2v) is 11.8. The van der Waals surface area contributed by atoms with Crippen LogP contribution in [0.4, 0.5) is 4.79 Å². The Morgan fingerprint density at radius 2 is 1.58 bits per heavy atom. The number of ether oxygens (including phenoxy) is 2. The molecule has 0 radical (unpaired) electrons. The number of hydrogen-bond acceptors (Lipinski definition) is 7. The van der Waals surface area contributed by atoms with E-state index in [4.69, 9.17) is 14.3 Å². The number of hydrogen-bond donors (Lipinski definition) is 2. The molecule has 10 nitrogen and oxygen atoms in total. The summed E-state index contributed by atoms with van der Waals surface area (Å²) in [4.78, 5) is 55.9. The first kappa shape index (κ1) is 32.0. The van der Waals surface area contributed by atoms with Crippen molar-refractivity contribution in [1.29, 1.82) is 0 Å². The maximum atomic E-state index is 13.2. The molecule has 3 amide bonds. The molecular formula is C33H43N3O7. The van der Waals surface area contributed by atoms with E-state index < -0.39 is 12.1 Å². The van der Waals surface area contributed by atoms with Crippen molar-refractivity contribution in [2.24, 2.45) is 5.92 Å². The van der Waals surface area contributed by atoms with Crippen LogP contribution in [0.25, 0.3) is 11.1 Å². The smallest absolute Gasteiger partial charge is 0.432 e. The first-order chi connectivity index (χ1) is 20.5. The third-order valence-electron chi connectivity index (χ3n) is 8.76. The fraction of sp³-hybridized carbons (Fsp3) is 0.515. The average molecular weight is 594 g/mol. The van der Waals surface area contributed by atoms with E-state index in [2.05, 4.69) is 24.5 Å². The van der Waals surface area contributed by atoms with Gasteiger partial charge in [-0.2, -0.15) is 5.06 Å². The molecule has 3 unspecified atom stereocenters. The van der Waals surface area contributed by atoms with Crippen molar-refractivity contribution in [2.45, 2.75) is 77.9 Å². The summed E-state index contributed by atoms with van der Waals surface area (Å²) < 4.78 is 11.2. The average Bonchev–Trinajstić information content (AvgIpc) is 3.48. The quantitative estimate of drug-likeness (QED) is 0.324. The van der Waals surface area contributed by atoms with Gasteiger partial charge in [-0.05, 0) is 85.5 Å². The topological polar surface area (TPSA) is 123 Å². The Kier molecular flexibility index (Phi) is 10.1. The van der Waals surface area contributed by atoms with E-state index in [1.807, 2.05) is 38.1 Å². The van der Waals surface area contributed by atoms with Crippen molar-refractivity contribution >= 4 is 23.9 Å². The Hall–Kier alpha value is -3.92. The number of nitrogens with one attached hydrogen (secondary N) is 2. The number of fused-ring (bicyclic) bond motifs is 3. The molecule has 1 aliphatic heterocycles. The van der Waals surface area contributed by atoms with Crippen LogP contribution in [0.5, 0.6) is 0 Å². The van der Waals surface area contributed by atoms with E-state index >= 15 is 0 Å². The van der Waals surface area contributed by atoms with Crippen LogP contribution in [0, 0.1) is 5.92 Å². The monoisotopic (exact) mass is 593 g/mol. The van der Waals surface area contributed by atoms with E-state index in [0.717, 1.165) is 33.7 Å². The van der Waals surface area contributed by atoms with E-state index in [-0.39, 0.29) is 41.9 Å². The van der Waals surface area contributed by atoms with Crippen molar-refractivity contribution < 1.29 is 33.5 Å². The molecule has 0 aromatic heterocycles. The number of benzene rings is 2. The predicted molar refractivity (Wildman–Crippen MR) is 162 cm³/mol. The zero-order chi connectivity index (χ0) is 31.3. The molecule has 3 atom stereocenters.